The van der Waals surface area contributed by atoms with E-state index in [0.29, 0.717) is 18.4 Å². The molecule has 0 aromatic carbocycles. The number of hydrogen-bond donors (Lipinski definition) is 0. The SMILES string of the molecule is CC(=O)OCC1CC(C(C)C)CN(C)C1. The molecule has 1 aliphatic heterocycles. The predicted octanol–water partition coefficient (Wildman–Crippen LogP) is 1.77. The standard InChI is InChI=1S/C12H23NO2/c1-9(2)12-5-11(6-13(4)7-12)8-15-10(3)14/h9,11-12H,5-8H2,1-4H3. The summed E-state index contributed by atoms with van der Waals surface area (Å²) >= 11 is 0. The lowest BCUT2D eigenvalue weighted by Gasteiger charge is -2.37. The van der Waals surface area contributed by atoms with Crippen molar-refractivity contribution in [3.05, 3.63) is 0 Å². The average Bonchev–Trinajstić information content (AvgIpc) is 2.13. The van der Waals surface area contributed by atoms with Gasteiger partial charge in [0.2, 0.25) is 0 Å². The molecule has 0 saturated carbocycles. The van der Waals surface area contributed by atoms with Crippen molar-refractivity contribution in [2.75, 3.05) is 26.7 Å². The fourth-order valence-electron chi connectivity index (χ4n) is 2.33. The van der Waals surface area contributed by atoms with E-state index in [4.69, 9.17) is 4.74 Å². The van der Waals surface area contributed by atoms with Crippen molar-refractivity contribution in [3.8, 4) is 0 Å². The molecule has 0 aliphatic carbocycles. The molecule has 1 fully saturated rings. The van der Waals surface area contributed by atoms with Crippen molar-refractivity contribution in [1.29, 1.82) is 0 Å². The lowest BCUT2D eigenvalue weighted by atomic mass is 9.83. The molecule has 0 N–H and O–H groups in total. The van der Waals surface area contributed by atoms with Crippen LogP contribution in [-0.2, 0) is 9.53 Å². The Hall–Kier alpha value is -0.570. The summed E-state index contributed by atoms with van der Waals surface area (Å²) in [5, 5.41) is 0. The Morgan fingerprint density at radius 3 is 2.67 bits per heavy atom. The zero-order valence-corrected chi connectivity index (χ0v) is 10.3. The van der Waals surface area contributed by atoms with Gasteiger partial charge in [-0.25, -0.2) is 0 Å². The molecule has 3 heteroatoms. The zero-order valence-electron chi connectivity index (χ0n) is 10.3. The first-order valence-electron chi connectivity index (χ1n) is 5.81. The first-order valence-corrected chi connectivity index (χ1v) is 5.81. The third kappa shape index (κ3) is 4.20. The van der Waals surface area contributed by atoms with E-state index >= 15 is 0 Å². The second-order valence-corrected chi connectivity index (χ2v) is 5.13. The summed E-state index contributed by atoms with van der Waals surface area (Å²) in [5.41, 5.74) is 0. The van der Waals surface area contributed by atoms with Crippen LogP contribution in [-0.4, -0.2) is 37.6 Å². The van der Waals surface area contributed by atoms with Gasteiger partial charge in [-0.05, 0) is 25.3 Å². The van der Waals surface area contributed by atoms with Crippen LogP contribution in [0.2, 0.25) is 0 Å². The molecule has 15 heavy (non-hydrogen) atoms. The van der Waals surface area contributed by atoms with Crippen LogP contribution in [0.3, 0.4) is 0 Å². The minimum Gasteiger partial charge on any atom is -0.466 e. The Balaban J connectivity index is 2.41. The Labute approximate surface area is 92.8 Å². The number of ether oxygens (including phenoxy) is 1. The molecule has 0 amide bonds. The van der Waals surface area contributed by atoms with E-state index in [0.717, 1.165) is 12.5 Å². The molecule has 2 atom stereocenters. The van der Waals surface area contributed by atoms with Crippen LogP contribution >= 0.6 is 0 Å². The lowest BCUT2D eigenvalue weighted by Crippen LogP contribution is -2.41. The third-order valence-electron chi connectivity index (χ3n) is 3.22. The maximum absolute atomic E-state index is 10.7. The quantitative estimate of drug-likeness (QED) is 0.669. The van der Waals surface area contributed by atoms with Crippen molar-refractivity contribution in [2.45, 2.75) is 27.2 Å². The van der Waals surface area contributed by atoms with Gasteiger partial charge < -0.3 is 9.64 Å². The highest BCUT2D eigenvalue weighted by Crippen LogP contribution is 2.26. The molecule has 0 radical (unpaired) electrons. The maximum atomic E-state index is 10.7. The molecular weight excluding hydrogens is 190 g/mol. The Morgan fingerprint density at radius 2 is 2.13 bits per heavy atom. The van der Waals surface area contributed by atoms with Crippen LogP contribution < -0.4 is 0 Å². The topological polar surface area (TPSA) is 29.5 Å². The number of hydrogen-bond acceptors (Lipinski definition) is 3. The van der Waals surface area contributed by atoms with Crippen molar-refractivity contribution < 1.29 is 9.53 Å². The number of likely N-dealkylation sites (tertiary alicyclic amines) is 1. The van der Waals surface area contributed by atoms with E-state index in [2.05, 4.69) is 25.8 Å². The van der Waals surface area contributed by atoms with Crippen LogP contribution in [0.25, 0.3) is 0 Å². The molecule has 1 aliphatic rings. The Kier molecular flexibility index (Phi) is 4.58. The van der Waals surface area contributed by atoms with Gasteiger partial charge in [-0.1, -0.05) is 13.8 Å². The first kappa shape index (κ1) is 12.5. The largest absolute Gasteiger partial charge is 0.466 e. The Morgan fingerprint density at radius 1 is 1.47 bits per heavy atom. The van der Waals surface area contributed by atoms with E-state index in [-0.39, 0.29) is 5.97 Å². The number of carbonyl (C=O) groups is 1. The summed E-state index contributed by atoms with van der Waals surface area (Å²) in [5.74, 6) is 1.81. The Bertz CT molecular complexity index is 216. The zero-order chi connectivity index (χ0) is 11.4. The monoisotopic (exact) mass is 213 g/mol. The normalized spacial score (nSPS) is 28.1. The smallest absolute Gasteiger partial charge is 0.302 e. The highest BCUT2D eigenvalue weighted by atomic mass is 16.5. The second-order valence-electron chi connectivity index (χ2n) is 5.13. The van der Waals surface area contributed by atoms with Gasteiger partial charge in [0.05, 0.1) is 6.61 Å². The molecule has 2 unspecified atom stereocenters. The highest BCUT2D eigenvalue weighted by Gasteiger charge is 2.27. The van der Waals surface area contributed by atoms with E-state index in [1.54, 1.807) is 0 Å². The van der Waals surface area contributed by atoms with Gasteiger partial charge in [0.1, 0.15) is 0 Å². The number of rotatable bonds is 3. The van der Waals surface area contributed by atoms with E-state index in [9.17, 15) is 4.79 Å². The first-order chi connectivity index (χ1) is 6.99. The fourth-order valence-corrected chi connectivity index (χ4v) is 2.33. The minimum absolute atomic E-state index is 0.163. The van der Waals surface area contributed by atoms with E-state index in [1.165, 1.54) is 19.9 Å². The van der Waals surface area contributed by atoms with Crippen molar-refractivity contribution in [2.24, 2.45) is 17.8 Å². The molecule has 0 aromatic heterocycles. The summed E-state index contributed by atoms with van der Waals surface area (Å²) < 4.78 is 5.09. The molecule has 0 bridgehead atoms. The van der Waals surface area contributed by atoms with Gasteiger partial charge in [0.15, 0.2) is 0 Å². The predicted molar refractivity (Wildman–Crippen MR) is 60.6 cm³/mol. The molecule has 0 spiro atoms. The highest BCUT2D eigenvalue weighted by molar-refractivity contribution is 5.65. The van der Waals surface area contributed by atoms with Gasteiger partial charge in [-0.2, -0.15) is 0 Å². The fraction of sp³-hybridized carbons (Fsp3) is 0.917. The number of piperidine rings is 1. The molecule has 0 aromatic rings. The molecule has 1 rings (SSSR count). The van der Waals surface area contributed by atoms with Gasteiger partial charge in [-0.3, -0.25) is 4.79 Å². The van der Waals surface area contributed by atoms with E-state index < -0.39 is 0 Å². The maximum Gasteiger partial charge on any atom is 0.302 e. The van der Waals surface area contributed by atoms with Crippen LogP contribution in [0.4, 0.5) is 0 Å². The van der Waals surface area contributed by atoms with Crippen molar-refractivity contribution in [3.63, 3.8) is 0 Å². The summed E-state index contributed by atoms with van der Waals surface area (Å²) in [4.78, 5) is 13.1. The summed E-state index contributed by atoms with van der Waals surface area (Å²) in [6.45, 7) is 8.83. The summed E-state index contributed by atoms with van der Waals surface area (Å²) in [7, 11) is 2.15. The molecule has 88 valence electrons. The summed E-state index contributed by atoms with van der Waals surface area (Å²) in [6.07, 6.45) is 1.19. The van der Waals surface area contributed by atoms with Gasteiger partial charge in [0, 0.05) is 25.9 Å². The third-order valence-corrected chi connectivity index (χ3v) is 3.22. The minimum atomic E-state index is -0.163. The van der Waals surface area contributed by atoms with Crippen LogP contribution in [0.15, 0.2) is 0 Å². The number of esters is 1. The van der Waals surface area contributed by atoms with Gasteiger partial charge in [-0.15, -0.1) is 0 Å². The van der Waals surface area contributed by atoms with Gasteiger partial charge >= 0.3 is 5.97 Å². The number of carbonyl (C=O) groups excluding carboxylic acids is 1. The molecule has 1 saturated heterocycles. The second kappa shape index (κ2) is 5.50. The number of nitrogens with zero attached hydrogens (tertiary/aromatic N) is 1. The lowest BCUT2D eigenvalue weighted by molar-refractivity contribution is -0.143. The average molecular weight is 213 g/mol. The van der Waals surface area contributed by atoms with Crippen LogP contribution in [0.1, 0.15) is 27.2 Å². The van der Waals surface area contributed by atoms with Crippen molar-refractivity contribution >= 4 is 5.97 Å². The van der Waals surface area contributed by atoms with Crippen LogP contribution in [0, 0.1) is 17.8 Å². The van der Waals surface area contributed by atoms with E-state index in [1.807, 2.05) is 0 Å². The summed E-state index contributed by atoms with van der Waals surface area (Å²) in [6, 6.07) is 0. The molecular formula is C12H23NO2. The van der Waals surface area contributed by atoms with Crippen molar-refractivity contribution in [1.82, 2.24) is 4.90 Å². The van der Waals surface area contributed by atoms with Gasteiger partial charge in [0.25, 0.3) is 0 Å². The van der Waals surface area contributed by atoms with Crippen LogP contribution in [0.5, 0.6) is 0 Å². The molecule has 1 heterocycles. The molecule has 3 nitrogen and oxygen atoms in total.